The smallest absolute Gasteiger partial charge is 0.267 e. The number of benzene rings is 1. The van der Waals surface area contributed by atoms with Crippen LogP contribution in [0.3, 0.4) is 0 Å². The molecule has 27 heavy (non-hydrogen) atoms. The van der Waals surface area contributed by atoms with Crippen molar-refractivity contribution in [3.05, 3.63) is 46.8 Å². The molecule has 144 valence electrons. The Balaban J connectivity index is 1.57. The molecule has 1 aromatic carbocycles. The Morgan fingerprint density at radius 1 is 1.19 bits per heavy atom. The Bertz CT molecular complexity index is 956. The summed E-state index contributed by atoms with van der Waals surface area (Å²) in [5.74, 6) is 1.38. The van der Waals surface area contributed by atoms with E-state index in [9.17, 15) is 13.2 Å². The first-order valence-electron chi connectivity index (χ1n) is 8.55. The number of amides is 1. The molecule has 1 saturated heterocycles. The van der Waals surface area contributed by atoms with E-state index in [1.807, 2.05) is 6.07 Å². The fourth-order valence-electron chi connectivity index (χ4n) is 3.34. The Kier molecular flexibility index (Phi) is 4.90. The number of fused-ring (bicyclic) bond motifs is 1. The van der Waals surface area contributed by atoms with Gasteiger partial charge in [-0.15, -0.1) is 0 Å². The van der Waals surface area contributed by atoms with Gasteiger partial charge in [0.25, 0.3) is 5.91 Å². The highest BCUT2D eigenvalue weighted by molar-refractivity contribution is 9.10. The standard InChI is InChI=1S/C18H18BrNO6S/c19-17-6-5-13(25-17)9-20(12-7-8-27(22,23)11-12)18(21)16-10-24-14-3-1-2-4-15(14)26-16/h1-6,12,16H,7-11H2/t12-,16-/m0/s1. The summed E-state index contributed by atoms with van der Waals surface area (Å²) in [6.07, 6.45) is -0.429. The van der Waals surface area contributed by atoms with Crippen LogP contribution in [0.2, 0.25) is 0 Å². The number of halogens is 1. The largest absolute Gasteiger partial charge is 0.485 e. The van der Waals surface area contributed by atoms with Crippen LogP contribution in [0.4, 0.5) is 0 Å². The third kappa shape index (κ3) is 3.98. The van der Waals surface area contributed by atoms with E-state index < -0.39 is 22.0 Å². The summed E-state index contributed by atoms with van der Waals surface area (Å²) < 4.78 is 41.4. The maximum Gasteiger partial charge on any atom is 0.267 e. The molecular formula is C18H18BrNO6S. The van der Waals surface area contributed by atoms with E-state index in [0.717, 1.165) is 0 Å². The van der Waals surface area contributed by atoms with Gasteiger partial charge in [-0.1, -0.05) is 12.1 Å². The molecule has 9 heteroatoms. The van der Waals surface area contributed by atoms with Crippen molar-refractivity contribution >= 4 is 31.7 Å². The van der Waals surface area contributed by atoms with E-state index in [2.05, 4.69) is 15.9 Å². The molecule has 0 bridgehead atoms. The predicted molar refractivity (Wildman–Crippen MR) is 100 cm³/mol. The van der Waals surface area contributed by atoms with Gasteiger partial charge in [0.05, 0.1) is 18.1 Å². The zero-order valence-electron chi connectivity index (χ0n) is 14.3. The number of sulfone groups is 1. The van der Waals surface area contributed by atoms with Crippen LogP contribution in [-0.4, -0.2) is 49.5 Å². The third-order valence-corrected chi connectivity index (χ3v) is 6.85. The first kappa shape index (κ1) is 18.4. The molecule has 7 nitrogen and oxygen atoms in total. The van der Waals surface area contributed by atoms with E-state index in [-0.39, 0.29) is 30.6 Å². The summed E-state index contributed by atoms with van der Waals surface area (Å²) in [5.41, 5.74) is 0. The lowest BCUT2D eigenvalue weighted by atomic mass is 10.1. The van der Waals surface area contributed by atoms with E-state index in [0.29, 0.717) is 28.3 Å². The van der Waals surface area contributed by atoms with Crippen molar-refractivity contribution in [3.63, 3.8) is 0 Å². The lowest BCUT2D eigenvalue weighted by Crippen LogP contribution is -2.50. The molecule has 2 aromatic rings. The van der Waals surface area contributed by atoms with Crippen LogP contribution in [0.1, 0.15) is 12.2 Å². The van der Waals surface area contributed by atoms with Crippen LogP contribution in [0, 0.1) is 0 Å². The van der Waals surface area contributed by atoms with Crippen molar-refractivity contribution in [2.75, 3.05) is 18.1 Å². The van der Waals surface area contributed by atoms with Crippen molar-refractivity contribution in [1.29, 1.82) is 0 Å². The van der Waals surface area contributed by atoms with Crippen molar-refractivity contribution in [2.24, 2.45) is 0 Å². The predicted octanol–water partition coefficient (Wildman–Crippen LogP) is 2.40. The van der Waals surface area contributed by atoms with Crippen LogP contribution in [0.5, 0.6) is 11.5 Å². The van der Waals surface area contributed by atoms with E-state index >= 15 is 0 Å². The molecule has 1 aromatic heterocycles. The number of ether oxygens (including phenoxy) is 2. The van der Waals surface area contributed by atoms with Gasteiger partial charge in [-0.05, 0) is 46.6 Å². The first-order chi connectivity index (χ1) is 12.9. The van der Waals surface area contributed by atoms with Crippen LogP contribution < -0.4 is 9.47 Å². The fourth-order valence-corrected chi connectivity index (χ4v) is 5.41. The minimum Gasteiger partial charge on any atom is -0.485 e. The number of furan rings is 1. The minimum absolute atomic E-state index is 0.0508. The lowest BCUT2D eigenvalue weighted by molar-refractivity contribution is -0.144. The summed E-state index contributed by atoms with van der Waals surface area (Å²) in [7, 11) is -3.15. The molecule has 1 fully saturated rings. The quantitative estimate of drug-likeness (QED) is 0.703. The molecule has 1 amide bonds. The Labute approximate surface area is 165 Å². The van der Waals surface area contributed by atoms with Gasteiger partial charge in [0.15, 0.2) is 26.0 Å². The highest BCUT2D eigenvalue weighted by atomic mass is 79.9. The first-order valence-corrected chi connectivity index (χ1v) is 11.2. The Hall–Kier alpha value is -2.00. The Morgan fingerprint density at radius 2 is 1.96 bits per heavy atom. The van der Waals surface area contributed by atoms with E-state index in [1.54, 1.807) is 30.3 Å². The highest BCUT2D eigenvalue weighted by Gasteiger charge is 2.39. The van der Waals surface area contributed by atoms with Gasteiger partial charge in [-0.2, -0.15) is 0 Å². The summed E-state index contributed by atoms with van der Waals surface area (Å²) in [5, 5.41) is 0. The molecule has 4 rings (SSSR count). The zero-order valence-corrected chi connectivity index (χ0v) is 16.7. The molecule has 0 saturated carbocycles. The van der Waals surface area contributed by atoms with Gasteiger partial charge in [0, 0.05) is 6.04 Å². The highest BCUT2D eigenvalue weighted by Crippen LogP contribution is 2.32. The van der Waals surface area contributed by atoms with Gasteiger partial charge >= 0.3 is 0 Å². The van der Waals surface area contributed by atoms with Crippen molar-refractivity contribution < 1.29 is 27.1 Å². The van der Waals surface area contributed by atoms with Crippen LogP contribution >= 0.6 is 15.9 Å². The molecule has 3 heterocycles. The van der Waals surface area contributed by atoms with Gasteiger partial charge in [-0.25, -0.2) is 8.42 Å². The molecular weight excluding hydrogens is 438 g/mol. The van der Waals surface area contributed by atoms with Gasteiger partial charge in [0.2, 0.25) is 6.10 Å². The number of para-hydroxylation sites is 2. The molecule has 0 aliphatic carbocycles. The topological polar surface area (TPSA) is 86.1 Å². The lowest BCUT2D eigenvalue weighted by Gasteiger charge is -2.33. The van der Waals surface area contributed by atoms with Gasteiger partial charge in [0.1, 0.15) is 12.4 Å². The second-order valence-corrected chi connectivity index (χ2v) is 9.60. The van der Waals surface area contributed by atoms with Crippen molar-refractivity contribution in [1.82, 2.24) is 4.90 Å². The summed E-state index contributed by atoms with van der Waals surface area (Å²) >= 11 is 3.24. The summed E-state index contributed by atoms with van der Waals surface area (Å²) in [6.45, 7) is 0.250. The maximum absolute atomic E-state index is 13.2. The second kappa shape index (κ2) is 7.20. The van der Waals surface area contributed by atoms with E-state index in [1.165, 1.54) is 4.90 Å². The number of carbonyl (C=O) groups is 1. The molecule has 0 N–H and O–H groups in total. The maximum atomic E-state index is 13.2. The van der Waals surface area contributed by atoms with E-state index in [4.69, 9.17) is 13.9 Å². The normalized spacial score (nSPS) is 23.1. The minimum atomic E-state index is -3.15. The molecule has 2 aliphatic rings. The number of rotatable bonds is 4. The van der Waals surface area contributed by atoms with Crippen molar-refractivity contribution in [3.8, 4) is 11.5 Å². The average Bonchev–Trinajstić information content (AvgIpc) is 3.23. The average molecular weight is 456 g/mol. The third-order valence-electron chi connectivity index (χ3n) is 4.67. The summed E-state index contributed by atoms with van der Waals surface area (Å²) in [6, 6.07) is 10.2. The van der Waals surface area contributed by atoms with Crippen LogP contribution in [-0.2, 0) is 21.2 Å². The molecule has 0 radical (unpaired) electrons. The second-order valence-electron chi connectivity index (χ2n) is 6.59. The number of hydrogen-bond acceptors (Lipinski definition) is 6. The number of hydrogen-bond donors (Lipinski definition) is 0. The monoisotopic (exact) mass is 455 g/mol. The fraction of sp³-hybridized carbons (Fsp3) is 0.389. The molecule has 2 aliphatic heterocycles. The molecule has 0 unspecified atom stereocenters. The van der Waals surface area contributed by atoms with Gasteiger partial charge < -0.3 is 18.8 Å². The van der Waals surface area contributed by atoms with Crippen molar-refractivity contribution in [2.45, 2.75) is 25.1 Å². The number of nitrogens with zero attached hydrogens (tertiary/aromatic N) is 1. The number of carbonyl (C=O) groups excluding carboxylic acids is 1. The summed E-state index contributed by atoms with van der Waals surface area (Å²) in [4.78, 5) is 14.7. The molecule has 2 atom stereocenters. The van der Waals surface area contributed by atoms with Gasteiger partial charge in [-0.3, -0.25) is 4.79 Å². The zero-order chi connectivity index (χ0) is 19.0. The van der Waals surface area contributed by atoms with Crippen LogP contribution in [0.25, 0.3) is 0 Å². The SMILES string of the molecule is O=C([C@@H]1COc2ccccc2O1)N(Cc1ccc(Br)o1)[C@H]1CCS(=O)(=O)C1. The molecule has 0 spiro atoms. The Morgan fingerprint density at radius 3 is 2.63 bits per heavy atom. The van der Waals surface area contributed by atoms with Crippen LogP contribution in [0.15, 0.2) is 45.5 Å².